The molecule has 0 aliphatic carbocycles. The quantitative estimate of drug-likeness (QED) is 0.547. The van der Waals surface area contributed by atoms with E-state index in [0.717, 1.165) is 29.9 Å². The molecule has 1 aliphatic heterocycles. The van der Waals surface area contributed by atoms with Crippen LogP contribution in [0.2, 0.25) is 0 Å². The fourth-order valence-electron chi connectivity index (χ4n) is 1.84. The van der Waals surface area contributed by atoms with Gasteiger partial charge in [0.25, 0.3) is 0 Å². The Hall–Kier alpha value is -1.51. The molecular weight excluding hydrogens is 190 g/mol. The van der Waals surface area contributed by atoms with Crippen LogP contribution in [0.25, 0.3) is 5.57 Å². The molecular formula is C12H16NO2+. The average molecular weight is 206 g/mol. The van der Waals surface area contributed by atoms with Crippen molar-refractivity contribution in [2.24, 2.45) is 7.05 Å². The third-order valence-corrected chi connectivity index (χ3v) is 2.63. The smallest absolute Gasteiger partial charge is 0.198 e. The lowest BCUT2D eigenvalue weighted by molar-refractivity contribution is -0.671. The van der Waals surface area contributed by atoms with Crippen molar-refractivity contribution in [3.05, 3.63) is 29.8 Å². The first-order valence-corrected chi connectivity index (χ1v) is 5.32. The molecule has 15 heavy (non-hydrogen) atoms. The van der Waals surface area contributed by atoms with Gasteiger partial charge in [0, 0.05) is 12.0 Å². The molecule has 0 fully saturated rings. The number of hydrogen-bond donors (Lipinski definition) is 0. The van der Waals surface area contributed by atoms with Gasteiger partial charge in [-0.15, -0.1) is 0 Å². The molecule has 3 heteroatoms. The maximum absolute atomic E-state index is 5.27. The molecule has 80 valence electrons. The number of rotatable bonds is 2. The largest absolute Gasteiger partial charge is 0.294 e. The van der Waals surface area contributed by atoms with E-state index in [1.165, 1.54) is 5.57 Å². The van der Waals surface area contributed by atoms with Crippen LogP contribution in [-0.2, 0) is 11.9 Å². The highest BCUT2D eigenvalue weighted by Gasteiger charge is 2.22. The molecule has 0 unspecified atom stereocenters. The minimum absolute atomic E-state index is 0.808. The summed E-state index contributed by atoms with van der Waals surface area (Å²) < 4.78 is 2.02. The van der Waals surface area contributed by atoms with Crippen LogP contribution in [0.3, 0.4) is 0 Å². The van der Waals surface area contributed by atoms with Gasteiger partial charge in [-0.25, -0.2) is 4.57 Å². The zero-order valence-electron chi connectivity index (χ0n) is 9.41. The van der Waals surface area contributed by atoms with Gasteiger partial charge in [-0.1, -0.05) is 13.8 Å². The Morgan fingerprint density at radius 1 is 1.20 bits per heavy atom. The SMILES string of the molecule is CCC1=C(CC)c2c[n+](C)ccc2OO1. The van der Waals surface area contributed by atoms with Gasteiger partial charge in [-0.2, -0.15) is 0 Å². The monoisotopic (exact) mass is 206 g/mol. The van der Waals surface area contributed by atoms with E-state index in [2.05, 4.69) is 20.0 Å². The molecule has 0 saturated carbocycles. The summed E-state index contributed by atoms with van der Waals surface area (Å²) in [6, 6.07) is 1.93. The Morgan fingerprint density at radius 3 is 2.67 bits per heavy atom. The zero-order valence-corrected chi connectivity index (χ0v) is 9.41. The second-order valence-corrected chi connectivity index (χ2v) is 3.66. The lowest BCUT2D eigenvalue weighted by atomic mass is 10.0. The molecule has 0 atom stereocenters. The second kappa shape index (κ2) is 3.93. The zero-order chi connectivity index (χ0) is 10.8. The minimum atomic E-state index is 0.808. The second-order valence-electron chi connectivity index (χ2n) is 3.66. The van der Waals surface area contributed by atoms with Gasteiger partial charge in [-0.05, 0) is 6.42 Å². The molecule has 0 amide bonds. The average Bonchev–Trinajstić information content (AvgIpc) is 2.27. The lowest BCUT2D eigenvalue weighted by Gasteiger charge is -2.19. The van der Waals surface area contributed by atoms with Crippen LogP contribution in [0, 0.1) is 0 Å². The van der Waals surface area contributed by atoms with Crippen LogP contribution in [-0.4, -0.2) is 0 Å². The Bertz CT molecular complexity index is 410. The summed E-state index contributed by atoms with van der Waals surface area (Å²) in [6.45, 7) is 4.21. The third-order valence-electron chi connectivity index (χ3n) is 2.63. The van der Waals surface area contributed by atoms with E-state index in [-0.39, 0.29) is 0 Å². The maximum atomic E-state index is 5.27. The first-order valence-electron chi connectivity index (χ1n) is 5.32. The molecule has 0 spiro atoms. The van der Waals surface area contributed by atoms with E-state index in [1.807, 2.05) is 23.9 Å². The van der Waals surface area contributed by atoms with Gasteiger partial charge in [0.1, 0.15) is 7.05 Å². The molecule has 1 aromatic heterocycles. The van der Waals surface area contributed by atoms with Crippen LogP contribution in [0.5, 0.6) is 5.75 Å². The molecule has 1 aromatic rings. The number of allylic oxidation sites excluding steroid dienone is 2. The van der Waals surface area contributed by atoms with E-state index in [0.29, 0.717) is 0 Å². The molecule has 2 rings (SSSR count). The van der Waals surface area contributed by atoms with Crippen molar-refractivity contribution in [3.63, 3.8) is 0 Å². The van der Waals surface area contributed by atoms with E-state index in [1.54, 1.807) is 0 Å². The summed E-state index contributed by atoms with van der Waals surface area (Å²) in [6.07, 6.45) is 5.85. The van der Waals surface area contributed by atoms with Gasteiger partial charge in [0.2, 0.25) is 0 Å². The number of fused-ring (bicyclic) bond motifs is 1. The topological polar surface area (TPSA) is 22.3 Å². The summed E-state index contributed by atoms with van der Waals surface area (Å²) in [4.78, 5) is 10.5. The highest BCUT2D eigenvalue weighted by Crippen LogP contribution is 2.35. The predicted molar refractivity (Wildman–Crippen MR) is 56.8 cm³/mol. The van der Waals surface area contributed by atoms with Gasteiger partial charge in [0.05, 0.1) is 11.6 Å². The third kappa shape index (κ3) is 1.69. The number of hydrogen-bond acceptors (Lipinski definition) is 2. The van der Waals surface area contributed by atoms with Gasteiger partial charge in [0.15, 0.2) is 23.9 Å². The maximum Gasteiger partial charge on any atom is 0.198 e. The van der Waals surface area contributed by atoms with Crippen molar-refractivity contribution >= 4 is 5.57 Å². The Morgan fingerprint density at radius 2 is 2.00 bits per heavy atom. The van der Waals surface area contributed by atoms with E-state index >= 15 is 0 Å². The van der Waals surface area contributed by atoms with Crippen molar-refractivity contribution < 1.29 is 14.3 Å². The van der Waals surface area contributed by atoms with Crippen molar-refractivity contribution in [1.82, 2.24) is 0 Å². The van der Waals surface area contributed by atoms with Crippen LogP contribution in [0.4, 0.5) is 0 Å². The van der Waals surface area contributed by atoms with E-state index < -0.39 is 0 Å². The Balaban J connectivity index is 2.55. The molecule has 3 nitrogen and oxygen atoms in total. The predicted octanol–water partition coefficient (Wildman–Crippen LogP) is 2.37. The summed E-state index contributed by atoms with van der Waals surface area (Å²) in [5.41, 5.74) is 2.39. The number of aromatic nitrogens is 1. The summed E-state index contributed by atoms with van der Waals surface area (Å²) in [7, 11) is 2.01. The van der Waals surface area contributed by atoms with Crippen molar-refractivity contribution in [2.45, 2.75) is 26.7 Å². The van der Waals surface area contributed by atoms with Gasteiger partial charge in [-0.3, -0.25) is 9.78 Å². The number of aryl methyl sites for hydroxylation is 1. The highest BCUT2D eigenvalue weighted by molar-refractivity contribution is 5.71. The highest BCUT2D eigenvalue weighted by atomic mass is 17.2. The molecule has 1 aliphatic rings. The van der Waals surface area contributed by atoms with E-state index in [4.69, 9.17) is 9.78 Å². The Kier molecular flexibility index (Phi) is 2.62. The normalized spacial score (nSPS) is 14.3. The summed E-state index contributed by atoms with van der Waals surface area (Å²) >= 11 is 0. The fraction of sp³-hybridized carbons (Fsp3) is 0.417. The van der Waals surface area contributed by atoms with Crippen LogP contribution in [0.1, 0.15) is 32.3 Å². The standard InChI is InChI=1S/C12H16NO2/c1-4-9-10-8-13(3)7-6-12(10)15-14-11(9)5-2/h6-8H,4-5H2,1-3H3/q+1. The van der Waals surface area contributed by atoms with Crippen LogP contribution in [0.15, 0.2) is 24.2 Å². The summed E-state index contributed by atoms with van der Waals surface area (Å²) in [5.74, 6) is 1.75. The molecule has 0 N–H and O–H groups in total. The molecule has 2 heterocycles. The van der Waals surface area contributed by atoms with Gasteiger partial charge < -0.3 is 0 Å². The van der Waals surface area contributed by atoms with Crippen LogP contribution < -0.4 is 9.45 Å². The van der Waals surface area contributed by atoms with Crippen LogP contribution >= 0.6 is 0 Å². The Labute approximate surface area is 89.9 Å². The van der Waals surface area contributed by atoms with E-state index in [9.17, 15) is 0 Å². The first kappa shape index (κ1) is 10.0. The lowest BCUT2D eigenvalue weighted by Crippen LogP contribution is -2.28. The number of nitrogens with zero attached hydrogens (tertiary/aromatic N) is 1. The minimum Gasteiger partial charge on any atom is -0.294 e. The van der Waals surface area contributed by atoms with Gasteiger partial charge >= 0.3 is 0 Å². The van der Waals surface area contributed by atoms with Crippen molar-refractivity contribution in [3.8, 4) is 5.75 Å². The number of pyridine rings is 1. The molecule has 0 bridgehead atoms. The molecule has 0 aromatic carbocycles. The van der Waals surface area contributed by atoms with Crippen molar-refractivity contribution in [1.29, 1.82) is 0 Å². The fourth-order valence-corrected chi connectivity index (χ4v) is 1.84. The summed E-state index contributed by atoms with van der Waals surface area (Å²) in [5, 5.41) is 0. The molecule has 0 radical (unpaired) electrons. The molecule has 0 saturated heterocycles. The first-order chi connectivity index (χ1) is 7.26. The van der Waals surface area contributed by atoms with Crippen molar-refractivity contribution in [2.75, 3.05) is 0 Å².